The Balaban J connectivity index is 2.09. The van der Waals surface area contributed by atoms with Crippen LogP contribution < -0.4 is 5.11 Å². The molecule has 1 aliphatic heterocycles. The van der Waals surface area contributed by atoms with E-state index in [4.69, 9.17) is 4.74 Å². The summed E-state index contributed by atoms with van der Waals surface area (Å²) in [5.41, 5.74) is 1.85. The molecule has 0 fully saturated rings. The van der Waals surface area contributed by atoms with Gasteiger partial charge in [-0.05, 0) is 19.6 Å². The highest BCUT2D eigenvalue weighted by molar-refractivity contribution is 8.00. The van der Waals surface area contributed by atoms with E-state index in [1.165, 1.54) is 16.6 Å². The fourth-order valence-corrected chi connectivity index (χ4v) is 5.35. The molecule has 0 aromatic carbocycles. The summed E-state index contributed by atoms with van der Waals surface area (Å²) in [5, 5.41) is 12.2. The highest BCUT2D eigenvalue weighted by atomic mass is 32.2. The summed E-state index contributed by atoms with van der Waals surface area (Å²) in [5.74, 6) is -0.323. The van der Waals surface area contributed by atoms with Gasteiger partial charge in [-0.3, -0.25) is 0 Å². The SMILES string of the molecule is CCSc1nc(SCC(=O)[O-])c2sc3c(c2n1)COC(C)(C)C3. The maximum atomic E-state index is 10.8. The predicted octanol–water partition coefficient (Wildman–Crippen LogP) is 2.50. The molecule has 0 bridgehead atoms. The maximum absolute atomic E-state index is 10.8. The van der Waals surface area contributed by atoms with Crippen LogP contribution in [0.2, 0.25) is 0 Å². The van der Waals surface area contributed by atoms with Crippen LogP contribution in [0.3, 0.4) is 0 Å². The summed E-state index contributed by atoms with van der Waals surface area (Å²) in [7, 11) is 0. The molecule has 3 rings (SSSR count). The lowest BCUT2D eigenvalue weighted by molar-refractivity contribution is -0.301. The summed E-state index contributed by atoms with van der Waals surface area (Å²) in [6.45, 7) is 6.74. The molecule has 0 spiro atoms. The average Bonchev–Trinajstić information content (AvgIpc) is 2.81. The van der Waals surface area contributed by atoms with Gasteiger partial charge in [0.05, 0.1) is 28.4 Å². The fourth-order valence-electron chi connectivity index (χ4n) is 2.44. The lowest BCUT2D eigenvalue weighted by Gasteiger charge is -2.29. The quantitative estimate of drug-likeness (QED) is 0.455. The zero-order valence-electron chi connectivity index (χ0n) is 13.2. The van der Waals surface area contributed by atoms with E-state index in [0.29, 0.717) is 11.8 Å². The molecule has 0 saturated heterocycles. The lowest BCUT2D eigenvalue weighted by Crippen LogP contribution is -2.30. The number of carbonyl (C=O) groups excluding carboxylic acids is 1. The molecule has 124 valence electrons. The Morgan fingerprint density at radius 3 is 2.87 bits per heavy atom. The van der Waals surface area contributed by atoms with E-state index in [0.717, 1.165) is 33.0 Å². The predicted molar refractivity (Wildman–Crippen MR) is 92.1 cm³/mol. The molecule has 0 radical (unpaired) electrons. The van der Waals surface area contributed by atoms with Gasteiger partial charge in [-0.25, -0.2) is 9.97 Å². The number of thiophene rings is 1. The van der Waals surface area contributed by atoms with E-state index in [2.05, 4.69) is 23.8 Å². The molecule has 0 atom stereocenters. The molecule has 3 heterocycles. The number of carboxylic acid groups (broad SMARTS) is 1. The lowest BCUT2D eigenvalue weighted by atomic mass is 9.98. The molecule has 1 aliphatic rings. The monoisotopic (exact) mass is 369 g/mol. The van der Waals surface area contributed by atoms with Crippen molar-refractivity contribution in [1.82, 2.24) is 9.97 Å². The fraction of sp³-hybridized carbons (Fsp3) is 0.533. The summed E-state index contributed by atoms with van der Waals surface area (Å²) in [4.78, 5) is 21.3. The van der Waals surface area contributed by atoms with Crippen LogP contribution in [0, 0.1) is 0 Å². The number of nitrogens with zero attached hydrogens (tertiary/aromatic N) is 2. The number of fused-ring (bicyclic) bond motifs is 3. The molecule has 23 heavy (non-hydrogen) atoms. The molecule has 0 N–H and O–H groups in total. The molecule has 0 amide bonds. The van der Waals surface area contributed by atoms with Crippen LogP contribution in [0.25, 0.3) is 10.2 Å². The molecule has 0 aliphatic carbocycles. The number of thioether (sulfide) groups is 2. The minimum absolute atomic E-state index is 0.104. The second-order valence-electron chi connectivity index (χ2n) is 5.81. The minimum Gasteiger partial charge on any atom is -0.549 e. The number of aromatic nitrogens is 2. The second-order valence-corrected chi connectivity index (χ2v) is 9.11. The van der Waals surface area contributed by atoms with Crippen molar-refractivity contribution in [2.75, 3.05) is 11.5 Å². The maximum Gasteiger partial charge on any atom is 0.189 e. The van der Waals surface area contributed by atoms with Gasteiger partial charge in [-0.2, -0.15) is 0 Å². The number of rotatable bonds is 5. The number of hydrogen-bond acceptors (Lipinski definition) is 8. The highest BCUT2D eigenvalue weighted by Gasteiger charge is 2.30. The Bertz CT molecular complexity index is 758. The van der Waals surface area contributed by atoms with Gasteiger partial charge in [0.15, 0.2) is 5.16 Å². The number of aliphatic carboxylic acids is 1. The van der Waals surface area contributed by atoms with Gasteiger partial charge in [0.1, 0.15) is 5.03 Å². The molecular formula is C15H17N2O3S3-. The van der Waals surface area contributed by atoms with Gasteiger partial charge in [0, 0.05) is 22.6 Å². The van der Waals surface area contributed by atoms with Crippen molar-refractivity contribution < 1.29 is 14.6 Å². The Hall–Kier alpha value is -0.830. The standard InChI is InChI=1S/C15H18N2O3S3/c1-4-21-14-16-11-8-6-20-15(2,3)5-9(8)23-12(11)13(17-14)22-7-10(18)19/h4-7H2,1-3H3,(H,18,19)/p-1. The zero-order chi connectivity index (χ0) is 16.6. The smallest absolute Gasteiger partial charge is 0.189 e. The molecular weight excluding hydrogens is 352 g/mol. The number of ether oxygens (including phenoxy) is 1. The third-order valence-electron chi connectivity index (χ3n) is 3.46. The van der Waals surface area contributed by atoms with Gasteiger partial charge >= 0.3 is 0 Å². The van der Waals surface area contributed by atoms with Crippen molar-refractivity contribution in [3.63, 3.8) is 0 Å². The number of hydrogen-bond donors (Lipinski definition) is 0. The van der Waals surface area contributed by atoms with Crippen LogP contribution in [0.1, 0.15) is 31.2 Å². The second kappa shape index (κ2) is 6.58. The first-order valence-electron chi connectivity index (χ1n) is 7.31. The Kier molecular flexibility index (Phi) is 4.87. The van der Waals surface area contributed by atoms with Gasteiger partial charge in [0.25, 0.3) is 0 Å². The molecule has 5 nitrogen and oxygen atoms in total. The Morgan fingerprint density at radius 1 is 1.39 bits per heavy atom. The first-order chi connectivity index (χ1) is 10.9. The van der Waals surface area contributed by atoms with E-state index >= 15 is 0 Å². The molecule has 0 saturated carbocycles. The average molecular weight is 370 g/mol. The van der Waals surface area contributed by atoms with E-state index < -0.39 is 5.97 Å². The third-order valence-corrected chi connectivity index (χ3v) is 6.49. The van der Waals surface area contributed by atoms with E-state index in [1.807, 2.05) is 6.92 Å². The summed E-state index contributed by atoms with van der Waals surface area (Å²) in [6.07, 6.45) is 0.838. The molecule has 0 unspecified atom stereocenters. The van der Waals surface area contributed by atoms with Crippen molar-refractivity contribution in [1.29, 1.82) is 0 Å². The van der Waals surface area contributed by atoms with Crippen LogP contribution in [0.15, 0.2) is 10.2 Å². The van der Waals surface area contributed by atoms with E-state index in [-0.39, 0.29) is 11.4 Å². The Morgan fingerprint density at radius 2 is 2.17 bits per heavy atom. The normalized spacial score (nSPS) is 16.5. The highest BCUT2D eigenvalue weighted by Crippen LogP contribution is 2.41. The van der Waals surface area contributed by atoms with Crippen LogP contribution >= 0.6 is 34.9 Å². The largest absolute Gasteiger partial charge is 0.549 e. The van der Waals surface area contributed by atoms with Crippen LogP contribution in [0.5, 0.6) is 0 Å². The minimum atomic E-state index is -1.09. The van der Waals surface area contributed by atoms with Crippen molar-refractivity contribution in [2.45, 2.75) is 49.6 Å². The molecule has 8 heteroatoms. The van der Waals surface area contributed by atoms with Gasteiger partial charge < -0.3 is 14.6 Å². The third kappa shape index (κ3) is 3.65. The summed E-state index contributed by atoms with van der Waals surface area (Å²) in [6, 6.07) is 0. The summed E-state index contributed by atoms with van der Waals surface area (Å²) < 4.78 is 6.89. The topological polar surface area (TPSA) is 75.1 Å². The van der Waals surface area contributed by atoms with Crippen LogP contribution in [-0.2, 0) is 22.6 Å². The van der Waals surface area contributed by atoms with Crippen LogP contribution in [-0.4, -0.2) is 33.0 Å². The van der Waals surface area contributed by atoms with E-state index in [1.54, 1.807) is 23.1 Å². The summed E-state index contributed by atoms with van der Waals surface area (Å²) >= 11 is 4.42. The number of carboxylic acids is 1. The Labute approximate surface area is 147 Å². The van der Waals surface area contributed by atoms with Gasteiger partial charge in [-0.15, -0.1) is 11.3 Å². The molecule has 2 aromatic rings. The van der Waals surface area contributed by atoms with E-state index in [9.17, 15) is 9.90 Å². The van der Waals surface area contributed by atoms with Crippen molar-refractivity contribution >= 4 is 51.0 Å². The van der Waals surface area contributed by atoms with Crippen LogP contribution in [0.4, 0.5) is 0 Å². The zero-order valence-corrected chi connectivity index (χ0v) is 15.6. The first-order valence-corrected chi connectivity index (χ1v) is 10.1. The van der Waals surface area contributed by atoms with Gasteiger partial charge in [-0.1, -0.05) is 30.4 Å². The molecule has 2 aromatic heterocycles. The number of carbonyl (C=O) groups is 1. The van der Waals surface area contributed by atoms with Gasteiger partial charge in [0.2, 0.25) is 0 Å². The first kappa shape index (κ1) is 17.0. The van der Waals surface area contributed by atoms with Crippen molar-refractivity contribution in [3.05, 3.63) is 10.4 Å². The van der Waals surface area contributed by atoms with Crippen molar-refractivity contribution in [2.24, 2.45) is 0 Å². The van der Waals surface area contributed by atoms with Crippen molar-refractivity contribution in [3.8, 4) is 0 Å².